The quantitative estimate of drug-likeness (QED) is 0.792. The van der Waals surface area contributed by atoms with Crippen LogP contribution in [0.15, 0.2) is 30.5 Å². The van der Waals surface area contributed by atoms with Crippen LogP contribution in [0.1, 0.15) is 21.6 Å². The van der Waals surface area contributed by atoms with Crippen LogP contribution in [0.4, 0.5) is 11.4 Å². The monoisotopic (exact) mass is 333 g/mol. The van der Waals surface area contributed by atoms with E-state index in [4.69, 9.17) is 16.3 Å². The summed E-state index contributed by atoms with van der Waals surface area (Å²) in [5, 5.41) is 6.51. The normalized spacial score (nSPS) is 10.4. The van der Waals surface area contributed by atoms with Crippen LogP contribution in [-0.2, 0) is 4.74 Å². The van der Waals surface area contributed by atoms with Crippen molar-refractivity contribution in [2.45, 2.75) is 13.8 Å². The molecule has 5 nitrogen and oxygen atoms in total. The van der Waals surface area contributed by atoms with Crippen molar-refractivity contribution < 1.29 is 9.53 Å². The Labute approximate surface area is 141 Å². The molecule has 0 fully saturated rings. The molecule has 1 amide bonds. The number of carbonyl (C=O) groups excluding carboxylic acids is 1. The summed E-state index contributed by atoms with van der Waals surface area (Å²) in [6, 6.07) is 7.29. The predicted octanol–water partition coefficient (Wildman–Crippen LogP) is 3.66. The smallest absolute Gasteiger partial charge is 0.274 e. The second-order valence-corrected chi connectivity index (χ2v) is 5.65. The molecule has 0 aliphatic heterocycles. The molecule has 2 N–H and O–H groups in total. The lowest BCUT2D eigenvalue weighted by atomic mass is 10.1. The molecule has 1 aromatic carbocycles. The molecule has 0 unspecified atom stereocenters. The summed E-state index contributed by atoms with van der Waals surface area (Å²) in [6.07, 6.45) is 1.59. The minimum atomic E-state index is -0.297. The van der Waals surface area contributed by atoms with E-state index in [2.05, 4.69) is 15.6 Å². The van der Waals surface area contributed by atoms with Crippen LogP contribution in [0, 0.1) is 13.8 Å². The molecule has 2 aromatic rings. The average molecular weight is 334 g/mol. The number of anilines is 2. The van der Waals surface area contributed by atoms with Crippen LogP contribution in [0.5, 0.6) is 0 Å². The maximum Gasteiger partial charge on any atom is 0.274 e. The number of rotatable bonds is 6. The zero-order valence-electron chi connectivity index (χ0n) is 13.4. The van der Waals surface area contributed by atoms with Gasteiger partial charge in [-0.2, -0.15) is 0 Å². The Morgan fingerprint density at radius 3 is 2.78 bits per heavy atom. The van der Waals surface area contributed by atoms with E-state index in [9.17, 15) is 4.79 Å². The van der Waals surface area contributed by atoms with E-state index in [1.807, 2.05) is 26.0 Å². The number of methoxy groups -OCH3 is 1. The lowest BCUT2D eigenvalue weighted by Gasteiger charge is -2.12. The number of aryl methyl sites for hydroxylation is 2. The molecule has 0 saturated heterocycles. The van der Waals surface area contributed by atoms with Gasteiger partial charge in [0.2, 0.25) is 0 Å². The Morgan fingerprint density at radius 1 is 1.30 bits per heavy atom. The summed E-state index contributed by atoms with van der Waals surface area (Å²) < 4.78 is 4.98. The fourth-order valence-electron chi connectivity index (χ4n) is 2.21. The van der Waals surface area contributed by atoms with Crippen molar-refractivity contribution in [2.24, 2.45) is 0 Å². The van der Waals surface area contributed by atoms with Crippen molar-refractivity contribution in [3.8, 4) is 0 Å². The van der Waals surface area contributed by atoms with E-state index in [-0.39, 0.29) is 5.91 Å². The number of carbonyl (C=O) groups is 1. The van der Waals surface area contributed by atoms with Gasteiger partial charge in [0.15, 0.2) is 0 Å². The van der Waals surface area contributed by atoms with Crippen molar-refractivity contribution >= 4 is 28.9 Å². The molecule has 122 valence electrons. The second-order valence-electron chi connectivity index (χ2n) is 5.24. The Kier molecular flexibility index (Phi) is 5.96. The summed E-state index contributed by atoms with van der Waals surface area (Å²) >= 11 is 6.22. The zero-order valence-corrected chi connectivity index (χ0v) is 14.2. The molecular formula is C17H20ClN3O2. The third-order valence-electron chi connectivity index (χ3n) is 3.30. The second kappa shape index (κ2) is 7.94. The van der Waals surface area contributed by atoms with Gasteiger partial charge in [-0.1, -0.05) is 17.7 Å². The fourth-order valence-corrected chi connectivity index (χ4v) is 2.58. The number of pyridine rings is 1. The number of hydrogen-bond donors (Lipinski definition) is 2. The van der Waals surface area contributed by atoms with Gasteiger partial charge in [0, 0.05) is 25.5 Å². The van der Waals surface area contributed by atoms with Gasteiger partial charge in [0.1, 0.15) is 5.69 Å². The SMILES string of the molecule is COCCNc1ccnc(C(=O)Nc2c(C)cc(C)cc2Cl)c1. The number of amides is 1. The summed E-state index contributed by atoms with van der Waals surface area (Å²) in [4.78, 5) is 16.5. The van der Waals surface area contributed by atoms with E-state index in [1.165, 1.54) is 0 Å². The first-order chi connectivity index (χ1) is 11.0. The van der Waals surface area contributed by atoms with Crippen LogP contribution in [0.2, 0.25) is 5.02 Å². The third kappa shape index (κ3) is 4.68. The van der Waals surface area contributed by atoms with E-state index in [0.29, 0.717) is 29.6 Å². The first-order valence-corrected chi connectivity index (χ1v) is 7.66. The molecule has 0 atom stereocenters. The maximum absolute atomic E-state index is 12.4. The first-order valence-electron chi connectivity index (χ1n) is 7.28. The highest BCUT2D eigenvalue weighted by Crippen LogP contribution is 2.27. The zero-order chi connectivity index (χ0) is 16.8. The van der Waals surface area contributed by atoms with Crippen molar-refractivity contribution in [3.05, 3.63) is 52.3 Å². The molecule has 1 heterocycles. The molecule has 1 aromatic heterocycles. The lowest BCUT2D eigenvalue weighted by molar-refractivity contribution is 0.102. The minimum Gasteiger partial charge on any atom is -0.383 e. The first kappa shape index (κ1) is 17.2. The van der Waals surface area contributed by atoms with E-state index in [0.717, 1.165) is 16.8 Å². The minimum absolute atomic E-state index is 0.297. The van der Waals surface area contributed by atoms with Gasteiger partial charge in [0.25, 0.3) is 5.91 Å². The van der Waals surface area contributed by atoms with Gasteiger partial charge in [0.05, 0.1) is 17.3 Å². The van der Waals surface area contributed by atoms with Crippen LogP contribution in [0.3, 0.4) is 0 Å². The maximum atomic E-state index is 12.4. The van der Waals surface area contributed by atoms with Crippen molar-refractivity contribution in [1.29, 1.82) is 0 Å². The van der Waals surface area contributed by atoms with Gasteiger partial charge in [-0.15, -0.1) is 0 Å². The molecule has 0 saturated carbocycles. The Morgan fingerprint density at radius 2 is 2.09 bits per heavy atom. The number of aromatic nitrogens is 1. The fraction of sp³-hybridized carbons (Fsp3) is 0.294. The van der Waals surface area contributed by atoms with Crippen molar-refractivity contribution in [1.82, 2.24) is 4.98 Å². The largest absolute Gasteiger partial charge is 0.383 e. The van der Waals surface area contributed by atoms with Gasteiger partial charge in [-0.3, -0.25) is 9.78 Å². The third-order valence-corrected chi connectivity index (χ3v) is 3.60. The number of nitrogens with zero attached hydrogens (tertiary/aromatic N) is 1. The summed E-state index contributed by atoms with van der Waals surface area (Å²) in [6.45, 7) is 5.11. The topological polar surface area (TPSA) is 63.2 Å². The number of benzene rings is 1. The summed E-state index contributed by atoms with van der Waals surface area (Å²) in [7, 11) is 1.64. The highest BCUT2D eigenvalue weighted by Gasteiger charge is 2.13. The molecule has 0 spiro atoms. The predicted molar refractivity (Wildman–Crippen MR) is 93.5 cm³/mol. The number of ether oxygens (including phenoxy) is 1. The lowest BCUT2D eigenvalue weighted by Crippen LogP contribution is -2.15. The Hall–Kier alpha value is -2.11. The average Bonchev–Trinajstić information content (AvgIpc) is 2.51. The van der Waals surface area contributed by atoms with Gasteiger partial charge >= 0.3 is 0 Å². The highest BCUT2D eigenvalue weighted by atomic mass is 35.5. The van der Waals surface area contributed by atoms with Gasteiger partial charge in [-0.05, 0) is 43.2 Å². The van der Waals surface area contributed by atoms with Crippen LogP contribution < -0.4 is 10.6 Å². The molecule has 0 radical (unpaired) electrons. The van der Waals surface area contributed by atoms with E-state index in [1.54, 1.807) is 25.4 Å². The molecule has 0 aliphatic rings. The molecule has 0 bridgehead atoms. The standard InChI is InChI=1S/C17H20ClN3O2/c1-11-8-12(2)16(14(18)9-11)21-17(22)15-10-13(4-5-20-15)19-6-7-23-3/h4-5,8-10H,6-7H2,1-3H3,(H,19,20)(H,21,22). The van der Waals surface area contributed by atoms with Crippen molar-refractivity contribution in [3.63, 3.8) is 0 Å². The van der Waals surface area contributed by atoms with Crippen LogP contribution in [-0.4, -0.2) is 31.2 Å². The summed E-state index contributed by atoms with van der Waals surface area (Å²) in [5.74, 6) is -0.297. The summed E-state index contributed by atoms with van der Waals surface area (Å²) in [5.41, 5.74) is 3.71. The van der Waals surface area contributed by atoms with Crippen molar-refractivity contribution in [2.75, 3.05) is 30.9 Å². The van der Waals surface area contributed by atoms with Crippen LogP contribution >= 0.6 is 11.6 Å². The van der Waals surface area contributed by atoms with Crippen LogP contribution in [0.25, 0.3) is 0 Å². The molecule has 6 heteroatoms. The number of halogens is 1. The molecule has 23 heavy (non-hydrogen) atoms. The molecule has 2 rings (SSSR count). The van der Waals surface area contributed by atoms with Gasteiger partial charge < -0.3 is 15.4 Å². The molecular weight excluding hydrogens is 314 g/mol. The van der Waals surface area contributed by atoms with E-state index < -0.39 is 0 Å². The Bertz CT molecular complexity index is 681. The Balaban J connectivity index is 2.13. The number of hydrogen-bond acceptors (Lipinski definition) is 4. The van der Waals surface area contributed by atoms with E-state index >= 15 is 0 Å². The van der Waals surface area contributed by atoms with Gasteiger partial charge in [-0.25, -0.2) is 0 Å². The number of nitrogens with one attached hydrogen (secondary N) is 2. The highest BCUT2D eigenvalue weighted by molar-refractivity contribution is 6.34. The molecule has 0 aliphatic carbocycles.